The maximum atomic E-state index is 13.3. The van der Waals surface area contributed by atoms with Crippen LogP contribution in [0.1, 0.15) is 18.5 Å². The molecule has 1 saturated heterocycles. The number of methoxy groups -OCH3 is 1. The van der Waals surface area contributed by atoms with E-state index in [2.05, 4.69) is 15.0 Å². The van der Waals surface area contributed by atoms with Crippen LogP contribution in [0.15, 0.2) is 30.6 Å². The van der Waals surface area contributed by atoms with Crippen LogP contribution < -0.4 is 4.90 Å². The minimum atomic E-state index is -4.52. The molecule has 1 aliphatic rings. The van der Waals surface area contributed by atoms with Crippen LogP contribution in [0.25, 0.3) is 11.4 Å². The van der Waals surface area contributed by atoms with Gasteiger partial charge in [-0.15, -0.1) is 0 Å². The van der Waals surface area contributed by atoms with E-state index in [9.17, 15) is 13.2 Å². The highest BCUT2D eigenvalue weighted by molar-refractivity contribution is 5.57. The fourth-order valence-corrected chi connectivity index (χ4v) is 2.94. The van der Waals surface area contributed by atoms with E-state index in [0.717, 1.165) is 18.9 Å². The molecule has 0 aromatic carbocycles. The van der Waals surface area contributed by atoms with Crippen LogP contribution in [-0.4, -0.2) is 41.8 Å². The summed E-state index contributed by atoms with van der Waals surface area (Å²) in [4.78, 5) is 13.8. The molecule has 1 fully saturated rings. The number of piperidine rings is 1. The van der Waals surface area contributed by atoms with Gasteiger partial charge in [0.1, 0.15) is 5.82 Å². The molecule has 8 heteroatoms. The molecule has 0 aliphatic carbocycles. The molecule has 0 amide bonds. The first-order chi connectivity index (χ1) is 12.0. The summed E-state index contributed by atoms with van der Waals surface area (Å²) in [5.41, 5.74) is -0.417. The molecule has 25 heavy (non-hydrogen) atoms. The van der Waals surface area contributed by atoms with Gasteiger partial charge in [-0.1, -0.05) is 0 Å². The van der Waals surface area contributed by atoms with Crippen molar-refractivity contribution in [2.24, 2.45) is 5.92 Å². The van der Waals surface area contributed by atoms with Gasteiger partial charge < -0.3 is 9.64 Å². The number of anilines is 1. The zero-order valence-electron chi connectivity index (χ0n) is 13.8. The molecule has 3 rings (SSSR count). The second-order valence-electron chi connectivity index (χ2n) is 6.05. The zero-order valence-corrected chi connectivity index (χ0v) is 13.8. The lowest BCUT2D eigenvalue weighted by Crippen LogP contribution is -2.35. The lowest BCUT2D eigenvalue weighted by molar-refractivity contribution is -0.141. The Labute approximate surface area is 143 Å². The minimum Gasteiger partial charge on any atom is -0.384 e. The Morgan fingerprint density at radius 3 is 2.44 bits per heavy atom. The molecule has 0 radical (unpaired) electrons. The summed E-state index contributed by atoms with van der Waals surface area (Å²) in [6.45, 7) is 1.98. The second kappa shape index (κ2) is 7.35. The Morgan fingerprint density at radius 1 is 1.16 bits per heavy atom. The molecule has 0 saturated carbocycles. The number of ether oxygens (including phenoxy) is 1. The smallest absolute Gasteiger partial charge is 0.384 e. The molecule has 1 aliphatic heterocycles. The summed E-state index contributed by atoms with van der Waals surface area (Å²) in [6, 6.07) is 4.23. The summed E-state index contributed by atoms with van der Waals surface area (Å²) in [5, 5.41) is 0. The van der Waals surface area contributed by atoms with Crippen LogP contribution in [-0.2, 0) is 10.9 Å². The summed E-state index contributed by atoms with van der Waals surface area (Å²) < 4.78 is 44.9. The summed E-state index contributed by atoms with van der Waals surface area (Å²) in [5.74, 6) is 0.807. The summed E-state index contributed by atoms with van der Waals surface area (Å²) in [7, 11) is 1.66. The van der Waals surface area contributed by atoms with E-state index in [-0.39, 0.29) is 5.82 Å². The zero-order chi connectivity index (χ0) is 17.9. The van der Waals surface area contributed by atoms with Gasteiger partial charge in [0, 0.05) is 50.8 Å². The first-order valence-corrected chi connectivity index (χ1v) is 8.08. The van der Waals surface area contributed by atoms with Crippen LogP contribution in [0.4, 0.5) is 19.0 Å². The first-order valence-electron chi connectivity index (χ1n) is 8.08. The van der Waals surface area contributed by atoms with E-state index in [4.69, 9.17) is 4.74 Å². The Morgan fingerprint density at radius 2 is 1.84 bits per heavy atom. The molecule has 0 unspecified atom stereocenters. The number of hydrogen-bond donors (Lipinski definition) is 0. The van der Waals surface area contributed by atoms with Crippen LogP contribution in [0.5, 0.6) is 0 Å². The maximum Gasteiger partial charge on any atom is 0.433 e. The van der Waals surface area contributed by atoms with Crippen molar-refractivity contribution in [1.82, 2.24) is 15.0 Å². The average molecular weight is 352 g/mol. The second-order valence-corrected chi connectivity index (χ2v) is 6.05. The van der Waals surface area contributed by atoms with Gasteiger partial charge >= 0.3 is 6.18 Å². The molecule has 5 nitrogen and oxygen atoms in total. The molecule has 2 aromatic rings. The van der Waals surface area contributed by atoms with Crippen molar-refractivity contribution < 1.29 is 17.9 Å². The normalized spacial score (nSPS) is 16.2. The monoisotopic (exact) mass is 352 g/mol. The van der Waals surface area contributed by atoms with Crippen molar-refractivity contribution in [2.75, 3.05) is 31.7 Å². The van der Waals surface area contributed by atoms with Crippen molar-refractivity contribution in [2.45, 2.75) is 19.0 Å². The molecule has 0 N–H and O–H groups in total. The van der Waals surface area contributed by atoms with Crippen LogP contribution >= 0.6 is 0 Å². The minimum absolute atomic E-state index is 0.0613. The third-order valence-electron chi connectivity index (χ3n) is 4.28. The van der Waals surface area contributed by atoms with Crippen molar-refractivity contribution in [1.29, 1.82) is 0 Å². The number of halogens is 3. The third kappa shape index (κ3) is 4.25. The van der Waals surface area contributed by atoms with E-state index in [1.807, 2.05) is 4.90 Å². The van der Waals surface area contributed by atoms with Gasteiger partial charge in [-0.05, 0) is 30.9 Å². The molecule has 0 spiro atoms. The van der Waals surface area contributed by atoms with Crippen molar-refractivity contribution in [3.63, 3.8) is 0 Å². The molecule has 2 aromatic heterocycles. The predicted octanol–water partition coefficient (Wildman–Crippen LogP) is 3.42. The van der Waals surface area contributed by atoms with Crippen molar-refractivity contribution >= 4 is 5.82 Å². The van der Waals surface area contributed by atoms with E-state index >= 15 is 0 Å². The fourth-order valence-electron chi connectivity index (χ4n) is 2.94. The highest BCUT2D eigenvalue weighted by atomic mass is 19.4. The van der Waals surface area contributed by atoms with Gasteiger partial charge in [0.15, 0.2) is 11.5 Å². The van der Waals surface area contributed by atoms with Crippen LogP contribution in [0.2, 0.25) is 0 Å². The Balaban J connectivity index is 1.91. The fraction of sp³-hybridized carbons (Fsp3) is 0.471. The predicted molar refractivity (Wildman–Crippen MR) is 87.1 cm³/mol. The lowest BCUT2D eigenvalue weighted by atomic mass is 9.98. The topological polar surface area (TPSA) is 51.1 Å². The van der Waals surface area contributed by atoms with Gasteiger partial charge in [-0.2, -0.15) is 13.2 Å². The van der Waals surface area contributed by atoms with E-state index < -0.39 is 11.9 Å². The first kappa shape index (κ1) is 17.6. The number of alkyl halides is 3. The Bertz CT molecular complexity index is 701. The number of pyridine rings is 1. The quantitative estimate of drug-likeness (QED) is 0.844. The third-order valence-corrected chi connectivity index (χ3v) is 4.28. The van der Waals surface area contributed by atoms with E-state index in [0.29, 0.717) is 37.0 Å². The van der Waals surface area contributed by atoms with Crippen LogP contribution in [0.3, 0.4) is 0 Å². The highest BCUT2D eigenvalue weighted by Gasteiger charge is 2.34. The largest absolute Gasteiger partial charge is 0.433 e. The van der Waals surface area contributed by atoms with Gasteiger partial charge in [0.2, 0.25) is 0 Å². The SMILES string of the molecule is COCC1CCN(c2cc(C(F)(F)F)nc(-c3ccncc3)n2)CC1. The Kier molecular flexibility index (Phi) is 5.17. The maximum absolute atomic E-state index is 13.3. The highest BCUT2D eigenvalue weighted by Crippen LogP contribution is 2.32. The standard InChI is InChI=1S/C17H19F3N4O/c1-25-11-12-4-8-24(9-5-12)15-10-14(17(18,19)20)22-16(23-15)13-2-6-21-7-3-13/h2-3,6-7,10,12H,4-5,8-9,11H2,1H3. The van der Waals surface area contributed by atoms with Gasteiger partial charge in [0.25, 0.3) is 0 Å². The lowest BCUT2D eigenvalue weighted by Gasteiger charge is -2.32. The number of hydrogen-bond acceptors (Lipinski definition) is 5. The van der Waals surface area contributed by atoms with Gasteiger partial charge in [0.05, 0.1) is 0 Å². The number of nitrogens with zero attached hydrogens (tertiary/aromatic N) is 4. The van der Waals surface area contributed by atoms with E-state index in [1.165, 1.54) is 12.4 Å². The van der Waals surface area contributed by atoms with Crippen molar-refractivity contribution in [3.05, 3.63) is 36.3 Å². The number of rotatable bonds is 4. The molecule has 0 atom stereocenters. The Hall–Kier alpha value is -2.22. The van der Waals surface area contributed by atoms with Gasteiger partial charge in [-0.25, -0.2) is 9.97 Å². The molecule has 3 heterocycles. The van der Waals surface area contributed by atoms with Gasteiger partial charge in [-0.3, -0.25) is 4.98 Å². The van der Waals surface area contributed by atoms with Crippen LogP contribution in [0, 0.1) is 5.92 Å². The molecular formula is C17H19F3N4O. The summed E-state index contributed by atoms with van der Waals surface area (Å²) in [6.07, 6.45) is 0.227. The van der Waals surface area contributed by atoms with E-state index in [1.54, 1.807) is 19.2 Å². The molecule has 0 bridgehead atoms. The molecular weight excluding hydrogens is 333 g/mol. The van der Waals surface area contributed by atoms with Crippen molar-refractivity contribution in [3.8, 4) is 11.4 Å². The average Bonchev–Trinajstić information content (AvgIpc) is 2.62. The molecule has 134 valence electrons. The summed E-state index contributed by atoms with van der Waals surface area (Å²) >= 11 is 0. The number of aromatic nitrogens is 3.